The van der Waals surface area contributed by atoms with Crippen molar-refractivity contribution in [2.75, 3.05) is 0 Å². The van der Waals surface area contributed by atoms with Crippen LogP contribution in [0.2, 0.25) is 0 Å². The predicted octanol–water partition coefficient (Wildman–Crippen LogP) is 1.90. The van der Waals surface area contributed by atoms with Crippen LogP contribution in [0, 0.1) is 5.92 Å². The molecular formula is C10H15N3O. The van der Waals surface area contributed by atoms with Crippen LogP contribution in [0.4, 0.5) is 0 Å². The maximum Gasteiger partial charge on any atom is 0.0946 e. The molecule has 1 aromatic heterocycles. The third-order valence-corrected chi connectivity index (χ3v) is 2.83. The Morgan fingerprint density at radius 1 is 1.57 bits per heavy atom. The lowest BCUT2D eigenvalue weighted by atomic mass is 9.87. The Labute approximate surface area is 83.3 Å². The van der Waals surface area contributed by atoms with Gasteiger partial charge in [-0.15, -0.1) is 0 Å². The summed E-state index contributed by atoms with van der Waals surface area (Å²) in [5, 5.41) is 12.2. The Hall–Kier alpha value is -1.32. The van der Waals surface area contributed by atoms with Crippen molar-refractivity contribution in [1.29, 1.82) is 0 Å². The van der Waals surface area contributed by atoms with E-state index in [0.717, 1.165) is 31.5 Å². The lowest BCUT2D eigenvalue weighted by Crippen LogP contribution is -2.23. The molecule has 1 fully saturated rings. The molecule has 0 aromatic carbocycles. The van der Waals surface area contributed by atoms with Crippen molar-refractivity contribution in [2.24, 2.45) is 11.1 Å². The van der Waals surface area contributed by atoms with Crippen molar-refractivity contribution in [3.05, 3.63) is 18.7 Å². The molecule has 0 saturated heterocycles. The number of oxime groups is 1. The van der Waals surface area contributed by atoms with Crippen molar-refractivity contribution in [3.8, 4) is 0 Å². The van der Waals surface area contributed by atoms with Gasteiger partial charge in [-0.3, -0.25) is 0 Å². The van der Waals surface area contributed by atoms with Crippen LogP contribution in [0.1, 0.15) is 25.7 Å². The zero-order valence-electron chi connectivity index (χ0n) is 8.13. The van der Waals surface area contributed by atoms with Crippen molar-refractivity contribution in [1.82, 2.24) is 9.55 Å². The van der Waals surface area contributed by atoms with Gasteiger partial charge in [-0.1, -0.05) is 11.6 Å². The maximum absolute atomic E-state index is 8.85. The highest BCUT2D eigenvalue weighted by atomic mass is 16.4. The molecule has 1 unspecified atom stereocenters. The van der Waals surface area contributed by atoms with Gasteiger partial charge in [0.2, 0.25) is 0 Å². The monoisotopic (exact) mass is 193 g/mol. The molecule has 2 rings (SSSR count). The summed E-state index contributed by atoms with van der Waals surface area (Å²) in [6, 6.07) is 0. The minimum atomic E-state index is 0.392. The summed E-state index contributed by atoms with van der Waals surface area (Å²) in [6.45, 7) is 0.888. The van der Waals surface area contributed by atoms with Gasteiger partial charge in [0.25, 0.3) is 0 Å². The average Bonchev–Trinajstić information content (AvgIpc) is 2.71. The van der Waals surface area contributed by atoms with Gasteiger partial charge in [0, 0.05) is 24.9 Å². The second-order valence-corrected chi connectivity index (χ2v) is 3.79. The standard InChI is InChI=1S/C10H15N3O/c14-12-10-4-2-1-3-9(10)7-13-6-5-11-8-13/h5-6,8-9,14H,1-4,7H2/b12-10+. The van der Waals surface area contributed by atoms with Crippen LogP contribution < -0.4 is 0 Å². The van der Waals surface area contributed by atoms with E-state index in [0.29, 0.717) is 5.92 Å². The molecule has 1 heterocycles. The molecule has 0 bridgehead atoms. The van der Waals surface area contributed by atoms with Crippen molar-refractivity contribution in [3.63, 3.8) is 0 Å². The first-order chi connectivity index (χ1) is 6.90. The van der Waals surface area contributed by atoms with Crippen LogP contribution >= 0.6 is 0 Å². The van der Waals surface area contributed by atoms with Crippen LogP contribution in [0.5, 0.6) is 0 Å². The molecule has 0 spiro atoms. The molecule has 14 heavy (non-hydrogen) atoms. The molecule has 1 aromatic rings. The molecule has 4 nitrogen and oxygen atoms in total. The fraction of sp³-hybridized carbons (Fsp3) is 0.600. The zero-order valence-corrected chi connectivity index (χ0v) is 8.13. The van der Waals surface area contributed by atoms with E-state index in [1.807, 2.05) is 17.1 Å². The second-order valence-electron chi connectivity index (χ2n) is 3.79. The van der Waals surface area contributed by atoms with Gasteiger partial charge < -0.3 is 9.77 Å². The molecule has 0 aliphatic heterocycles. The van der Waals surface area contributed by atoms with Gasteiger partial charge in [-0.2, -0.15) is 0 Å². The van der Waals surface area contributed by atoms with E-state index in [2.05, 4.69) is 10.1 Å². The predicted molar refractivity (Wildman–Crippen MR) is 53.4 cm³/mol. The third kappa shape index (κ3) is 1.95. The SMILES string of the molecule is O/N=C1\CCCCC1Cn1ccnc1. The van der Waals surface area contributed by atoms with Crippen LogP contribution in [0.3, 0.4) is 0 Å². The normalized spacial score (nSPS) is 25.4. The molecule has 1 atom stereocenters. The van der Waals surface area contributed by atoms with Crippen LogP contribution in [-0.4, -0.2) is 20.5 Å². The lowest BCUT2D eigenvalue weighted by Gasteiger charge is -2.22. The van der Waals surface area contributed by atoms with E-state index in [1.54, 1.807) is 6.20 Å². The van der Waals surface area contributed by atoms with Crippen LogP contribution in [0.15, 0.2) is 23.9 Å². The van der Waals surface area contributed by atoms with E-state index >= 15 is 0 Å². The van der Waals surface area contributed by atoms with E-state index in [9.17, 15) is 0 Å². The van der Waals surface area contributed by atoms with Gasteiger partial charge in [-0.05, 0) is 19.3 Å². The molecule has 76 valence electrons. The van der Waals surface area contributed by atoms with Gasteiger partial charge in [0.1, 0.15) is 0 Å². The van der Waals surface area contributed by atoms with Gasteiger partial charge >= 0.3 is 0 Å². The summed E-state index contributed by atoms with van der Waals surface area (Å²) in [4.78, 5) is 4.00. The van der Waals surface area contributed by atoms with Gasteiger partial charge in [0.05, 0.1) is 12.0 Å². The summed E-state index contributed by atoms with van der Waals surface area (Å²) in [5.74, 6) is 0.392. The van der Waals surface area contributed by atoms with Crippen LogP contribution in [0.25, 0.3) is 0 Å². The molecule has 1 saturated carbocycles. The topological polar surface area (TPSA) is 50.4 Å². The molecule has 4 heteroatoms. The van der Waals surface area contributed by atoms with Crippen molar-refractivity contribution in [2.45, 2.75) is 32.2 Å². The Morgan fingerprint density at radius 3 is 3.21 bits per heavy atom. The number of hydrogen-bond donors (Lipinski definition) is 1. The first-order valence-corrected chi connectivity index (χ1v) is 5.06. The summed E-state index contributed by atoms with van der Waals surface area (Å²) in [6.07, 6.45) is 9.98. The van der Waals surface area contributed by atoms with Crippen molar-refractivity contribution < 1.29 is 5.21 Å². The minimum Gasteiger partial charge on any atom is -0.411 e. The second kappa shape index (κ2) is 4.26. The first kappa shape index (κ1) is 9.24. The summed E-state index contributed by atoms with van der Waals surface area (Å²) < 4.78 is 2.04. The average molecular weight is 193 g/mol. The summed E-state index contributed by atoms with van der Waals surface area (Å²) in [7, 11) is 0. The fourth-order valence-electron chi connectivity index (χ4n) is 2.05. The van der Waals surface area contributed by atoms with E-state index in [4.69, 9.17) is 5.21 Å². The summed E-state index contributed by atoms with van der Waals surface area (Å²) in [5.41, 5.74) is 0.949. The fourth-order valence-corrected chi connectivity index (χ4v) is 2.05. The quantitative estimate of drug-likeness (QED) is 0.576. The highest BCUT2D eigenvalue weighted by Gasteiger charge is 2.20. The Bertz CT molecular complexity index is 305. The number of hydrogen-bond acceptors (Lipinski definition) is 3. The smallest absolute Gasteiger partial charge is 0.0946 e. The van der Waals surface area contributed by atoms with E-state index in [-0.39, 0.29) is 0 Å². The zero-order chi connectivity index (χ0) is 9.80. The third-order valence-electron chi connectivity index (χ3n) is 2.83. The molecule has 1 aliphatic rings. The Morgan fingerprint density at radius 2 is 2.50 bits per heavy atom. The summed E-state index contributed by atoms with van der Waals surface area (Å²) >= 11 is 0. The largest absolute Gasteiger partial charge is 0.411 e. The molecule has 1 N–H and O–H groups in total. The van der Waals surface area contributed by atoms with Gasteiger partial charge in [0.15, 0.2) is 0 Å². The number of aromatic nitrogens is 2. The number of rotatable bonds is 2. The number of nitrogens with zero attached hydrogens (tertiary/aromatic N) is 3. The molecule has 0 radical (unpaired) electrons. The maximum atomic E-state index is 8.85. The Kier molecular flexibility index (Phi) is 2.81. The Balaban J connectivity index is 2.02. The van der Waals surface area contributed by atoms with E-state index < -0.39 is 0 Å². The highest BCUT2D eigenvalue weighted by Crippen LogP contribution is 2.23. The minimum absolute atomic E-state index is 0.392. The highest BCUT2D eigenvalue weighted by molar-refractivity contribution is 5.86. The molecule has 0 amide bonds. The van der Waals surface area contributed by atoms with Crippen molar-refractivity contribution >= 4 is 5.71 Å². The van der Waals surface area contributed by atoms with Gasteiger partial charge in [-0.25, -0.2) is 4.98 Å². The van der Waals surface area contributed by atoms with E-state index in [1.165, 1.54) is 6.42 Å². The number of imidazole rings is 1. The molecule has 1 aliphatic carbocycles. The van der Waals surface area contributed by atoms with Crippen LogP contribution in [-0.2, 0) is 6.54 Å². The molecular weight excluding hydrogens is 178 g/mol. The lowest BCUT2D eigenvalue weighted by molar-refractivity contribution is 0.306. The first-order valence-electron chi connectivity index (χ1n) is 5.06.